The number of anilines is 1. The first-order valence-electron chi connectivity index (χ1n) is 6.59. The molecule has 1 atom stereocenters. The molecule has 6 nitrogen and oxygen atoms in total. The summed E-state index contributed by atoms with van der Waals surface area (Å²) in [6, 6.07) is 4.63. The van der Waals surface area contributed by atoms with Crippen LogP contribution in [0.25, 0.3) is 0 Å². The summed E-state index contributed by atoms with van der Waals surface area (Å²) in [6.07, 6.45) is 0. The van der Waals surface area contributed by atoms with Crippen molar-refractivity contribution in [2.45, 2.75) is 20.8 Å². The van der Waals surface area contributed by atoms with Crippen molar-refractivity contribution in [3.63, 3.8) is 0 Å². The molecule has 0 heterocycles. The first-order valence-corrected chi connectivity index (χ1v) is 6.59. The number of Topliss-reactive ketones (excluding diaryl/α,β-unsaturated/α-hetero) is 1. The van der Waals surface area contributed by atoms with Crippen LogP contribution < -0.4 is 5.32 Å². The molecule has 6 heteroatoms. The van der Waals surface area contributed by atoms with E-state index in [9.17, 15) is 14.4 Å². The number of aryl methyl sites for hydroxylation is 1. The second-order valence-corrected chi connectivity index (χ2v) is 5.14. The van der Waals surface area contributed by atoms with Crippen molar-refractivity contribution in [1.82, 2.24) is 4.90 Å². The van der Waals surface area contributed by atoms with Crippen LogP contribution in [0.15, 0.2) is 18.2 Å². The summed E-state index contributed by atoms with van der Waals surface area (Å²) in [5.41, 5.74) is 1.96. The van der Waals surface area contributed by atoms with E-state index in [1.165, 1.54) is 25.8 Å². The fourth-order valence-electron chi connectivity index (χ4n) is 1.93. The number of ketones is 1. The standard InChI is InChI=1S/C15H20N2O4/c1-9-7-12(5-6-13(9)11(3)18)16-15(21)17(4)8-10(2)14(19)20/h5-7,10H,8H2,1-4H3,(H,16,21)(H,19,20). The highest BCUT2D eigenvalue weighted by molar-refractivity contribution is 5.96. The Labute approximate surface area is 123 Å². The van der Waals surface area contributed by atoms with Gasteiger partial charge in [0.1, 0.15) is 0 Å². The van der Waals surface area contributed by atoms with Crippen molar-refractivity contribution in [3.05, 3.63) is 29.3 Å². The van der Waals surface area contributed by atoms with Crippen molar-refractivity contribution in [3.8, 4) is 0 Å². The lowest BCUT2D eigenvalue weighted by molar-refractivity contribution is -0.141. The highest BCUT2D eigenvalue weighted by Crippen LogP contribution is 2.16. The molecule has 1 rings (SSSR count). The number of hydrogen-bond acceptors (Lipinski definition) is 3. The van der Waals surface area contributed by atoms with Crippen LogP contribution in [0.2, 0.25) is 0 Å². The van der Waals surface area contributed by atoms with Gasteiger partial charge >= 0.3 is 12.0 Å². The first-order chi connectivity index (χ1) is 9.72. The number of rotatable bonds is 5. The molecule has 0 aromatic heterocycles. The minimum absolute atomic E-state index is 0.0298. The van der Waals surface area contributed by atoms with Crippen LogP contribution in [0.3, 0.4) is 0 Å². The van der Waals surface area contributed by atoms with Crippen LogP contribution >= 0.6 is 0 Å². The second kappa shape index (κ2) is 6.88. The fraction of sp³-hybridized carbons (Fsp3) is 0.400. The number of nitrogens with one attached hydrogen (secondary N) is 1. The monoisotopic (exact) mass is 292 g/mol. The van der Waals surface area contributed by atoms with Gasteiger partial charge in [-0.05, 0) is 37.6 Å². The molecule has 0 saturated heterocycles. The molecule has 2 N–H and O–H groups in total. The van der Waals surface area contributed by atoms with Gasteiger partial charge in [-0.25, -0.2) is 4.79 Å². The van der Waals surface area contributed by atoms with Crippen LogP contribution in [0.5, 0.6) is 0 Å². The fourth-order valence-corrected chi connectivity index (χ4v) is 1.93. The third-order valence-corrected chi connectivity index (χ3v) is 3.17. The molecule has 0 bridgehead atoms. The summed E-state index contributed by atoms with van der Waals surface area (Å²) in [6.45, 7) is 4.94. The number of benzene rings is 1. The zero-order valence-electron chi connectivity index (χ0n) is 12.6. The molecule has 0 radical (unpaired) electrons. The van der Waals surface area contributed by atoms with Crippen molar-refractivity contribution >= 4 is 23.5 Å². The topological polar surface area (TPSA) is 86.7 Å². The van der Waals surface area contributed by atoms with E-state index in [1.54, 1.807) is 25.1 Å². The summed E-state index contributed by atoms with van der Waals surface area (Å²) >= 11 is 0. The van der Waals surface area contributed by atoms with Crippen molar-refractivity contribution in [1.29, 1.82) is 0 Å². The number of nitrogens with zero attached hydrogens (tertiary/aromatic N) is 1. The van der Waals surface area contributed by atoms with E-state index in [4.69, 9.17) is 5.11 Å². The van der Waals surface area contributed by atoms with E-state index in [1.807, 2.05) is 0 Å². The van der Waals surface area contributed by atoms with Crippen LogP contribution in [0.4, 0.5) is 10.5 Å². The number of carbonyl (C=O) groups excluding carboxylic acids is 2. The smallest absolute Gasteiger partial charge is 0.321 e. The first kappa shape index (κ1) is 16.7. The van der Waals surface area contributed by atoms with Gasteiger partial charge in [-0.2, -0.15) is 0 Å². The molecule has 114 valence electrons. The van der Waals surface area contributed by atoms with Gasteiger partial charge in [0.15, 0.2) is 5.78 Å². The van der Waals surface area contributed by atoms with E-state index >= 15 is 0 Å². The van der Waals surface area contributed by atoms with Gasteiger partial charge in [-0.15, -0.1) is 0 Å². The Morgan fingerprint density at radius 3 is 2.43 bits per heavy atom. The van der Waals surface area contributed by atoms with E-state index in [2.05, 4.69) is 5.32 Å². The maximum absolute atomic E-state index is 12.0. The summed E-state index contributed by atoms with van der Waals surface area (Å²) in [5, 5.41) is 11.5. The Balaban J connectivity index is 2.73. The zero-order valence-corrected chi connectivity index (χ0v) is 12.6. The average Bonchev–Trinajstić information content (AvgIpc) is 2.37. The Bertz CT molecular complexity index is 569. The lowest BCUT2D eigenvalue weighted by atomic mass is 10.1. The van der Waals surface area contributed by atoms with Crippen LogP contribution in [-0.2, 0) is 4.79 Å². The molecule has 1 aromatic carbocycles. The molecule has 0 saturated carbocycles. The predicted octanol–water partition coefficient (Wildman–Crippen LogP) is 2.38. The van der Waals surface area contributed by atoms with E-state index in [0.29, 0.717) is 11.3 Å². The normalized spacial score (nSPS) is 11.6. The largest absolute Gasteiger partial charge is 0.481 e. The number of carboxylic acids is 1. The second-order valence-electron chi connectivity index (χ2n) is 5.14. The summed E-state index contributed by atoms with van der Waals surface area (Å²) in [4.78, 5) is 35.4. The molecule has 0 fully saturated rings. The van der Waals surface area contributed by atoms with Gasteiger partial charge in [0.2, 0.25) is 0 Å². The Kier molecular flexibility index (Phi) is 5.46. The minimum Gasteiger partial charge on any atom is -0.481 e. The number of amides is 2. The van der Waals surface area contributed by atoms with Gasteiger partial charge in [-0.1, -0.05) is 6.92 Å². The predicted molar refractivity (Wildman–Crippen MR) is 79.6 cm³/mol. The van der Waals surface area contributed by atoms with Gasteiger partial charge < -0.3 is 15.3 Å². The highest BCUT2D eigenvalue weighted by atomic mass is 16.4. The molecule has 0 aliphatic carbocycles. The molecule has 0 aliphatic rings. The Morgan fingerprint density at radius 1 is 1.33 bits per heavy atom. The third-order valence-electron chi connectivity index (χ3n) is 3.17. The molecule has 1 aromatic rings. The molecular formula is C15H20N2O4. The van der Waals surface area contributed by atoms with Crippen LogP contribution in [0.1, 0.15) is 29.8 Å². The molecule has 1 unspecified atom stereocenters. The zero-order chi connectivity index (χ0) is 16.2. The van der Waals surface area contributed by atoms with E-state index in [0.717, 1.165) is 5.56 Å². The third kappa shape index (κ3) is 4.59. The average molecular weight is 292 g/mol. The molecular weight excluding hydrogens is 272 g/mol. The number of aliphatic carboxylic acids is 1. The Morgan fingerprint density at radius 2 is 1.95 bits per heavy atom. The number of urea groups is 1. The number of carboxylic acid groups (broad SMARTS) is 1. The van der Waals surface area contributed by atoms with Gasteiger partial charge in [-0.3, -0.25) is 9.59 Å². The van der Waals surface area contributed by atoms with Gasteiger partial charge in [0, 0.05) is 24.8 Å². The number of hydrogen-bond donors (Lipinski definition) is 2. The quantitative estimate of drug-likeness (QED) is 0.816. The van der Waals surface area contributed by atoms with E-state index in [-0.39, 0.29) is 12.3 Å². The molecule has 0 spiro atoms. The summed E-state index contributed by atoms with van der Waals surface area (Å²) in [7, 11) is 1.53. The Hall–Kier alpha value is -2.37. The lowest BCUT2D eigenvalue weighted by Crippen LogP contribution is -2.36. The minimum atomic E-state index is -0.948. The van der Waals surface area contributed by atoms with Crippen LogP contribution in [0, 0.1) is 12.8 Å². The molecule has 0 aliphatic heterocycles. The van der Waals surface area contributed by atoms with Crippen LogP contribution in [-0.4, -0.2) is 41.4 Å². The molecule has 2 amide bonds. The van der Waals surface area contributed by atoms with Gasteiger partial charge in [0.25, 0.3) is 0 Å². The van der Waals surface area contributed by atoms with Gasteiger partial charge in [0.05, 0.1) is 5.92 Å². The maximum Gasteiger partial charge on any atom is 0.321 e. The molecule has 21 heavy (non-hydrogen) atoms. The van der Waals surface area contributed by atoms with Crippen molar-refractivity contribution in [2.75, 3.05) is 18.9 Å². The highest BCUT2D eigenvalue weighted by Gasteiger charge is 2.17. The maximum atomic E-state index is 12.0. The summed E-state index contributed by atoms with van der Waals surface area (Å²) in [5.74, 6) is -1.61. The van der Waals surface area contributed by atoms with Crippen molar-refractivity contribution in [2.24, 2.45) is 5.92 Å². The SMILES string of the molecule is CC(=O)c1ccc(NC(=O)N(C)CC(C)C(=O)O)cc1C. The van der Waals surface area contributed by atoms with E-state index < -0.39 is 17.9 Å². The summed E-state index contributed by atoms with van der Waals surface area (Å²) < 4.78 is 0. The van der Waals surface area contributed by atoms with Crippen molar-refractivity contribution < 1.29 is 19.5 Å². The lowest BCUT2D eigenvalue weighted by Gasteiger charge is -2.20. The number of carbonyl (C=O) groups is 3.